The zero-order chi connectivity index (χ0) is 14.9. The van der Waals surface area contributed by atoms with Crippen molar-refractivity contribution < 1.29 is 19.8 Å². The lowest BCUT2D eigenvalue weighted by Crippen LogP contribution is -2.43. The van der Waals surface area contributed by atoms with E-state index in [1.54, 1.807) is 0 Å². The van der Waals surface area contributed by atoms with Crippen LogP contribution < -0.4 is 5.43 Å². The van der Waals surface area contributed by atoms with Crippen molar-refractivity contribution in [2.24, 2.45) is 0 Å². The molecule has 1 heterocycles. The van der Waals surface area contributed by atoms with E-state index in [2.05, 4.69) is 5.43 Å². The third-order valence-corrected chi connectivity index (χ3v) is 3.67. The van der Waals surface area contributed by atoms with E-state index in [-0.39, 0.29) is 20.7 Å². The van der Waals surface area contributed by atoms with E-state index in [1.807, 2.05) is 0 Å². The fraction of sp³-hybridized carbons (Fsp3) is 0.0833. The van der Waals surface area contributed by atoms with Crippen LogP contribution in [0, 0.1) is 0 Å². The summed E-state index contributed by atoms with van der Waals surface area (Å²) in [6.07, 6.45) is 1.44. The van der Waals surface area contributed by atoms with Gasteiger partial charge in [-0.2, -0.15) is 5.01 Å². The number of rotatable bonds is 2. The summed E-state index contributed by atoms with van der Waals surface area (Å²) in [6.45, 7) is 1.27. The van der Waals surface area contributed by atoms with Crippen LogP contribution in [0.4, 0.5) is 0 Å². The van der Waals surface area contributed by atoms with E-state index < -0.39 is 11.8 Å². The number of hydrogen-bond donors (Lipinski definition) is 3. The van der Waals surface area contributed by atoms with Crippen molar-refractivity contribution >= 4 is 46.2 Å². The molecule has 6 nitrogen and oxygen atoms in total. The Balaban J connectivity index is 2.30. The maximum Gasteiger partial charge on any atom is 0.285 e. The fourth-order valence-corrected chi connectivity index (χ4v) is 2.69. The Labute approximate surface area is 124 Å². The summed E-state index contributed by atoms with van der Waals surface area (Å²) in [6, 6.07) is 4.02. The lowest BCUT2D eigenvalue weighted by Gasteiger charge is -2.13. The smallest absolute Gasteiger partial charge is 0.285 e. The van der Waals surface area contributed by atoms with E-state index >= 15 is 0 Å². The molecule has 1 fully saturated rings. The summed E-state index contributed by atoms with van der Waals surface area (Å²) in [5, 5.41) is 19.9. The predicted molar refractivity (Wildman–Crippen MR) is 78.6 cm³/mol. The summed E-state index contributed by atoms with van der Waals surface area (Å²) in [5.74, 6) is -1.11. The molecule has 0 radical (unpaired) electrons. The van der Waals surface area contributed by atoms with Gasteiger partial charge in [-0.25, -0.2) is 0 Å². The van der Waals surface area contributed by atoms with Crippen molar-refractivity contribution in [2.45, 2.75) is 6.92 Å². The molecule has 0 aliphatic carbocycles. The van der Waals surface area contributed by atoms with E-state index in [0.29, 0.717) is 5.56 Å². The van der Waals surface area contributed by atoms with Crippen molar-refractivity contribution in [1.82, 2.24) is 10.4 Å². The number of aromatic hydroxyl groups is 2. The van der Waals surface area contributed by atoms with E-state index in [1.165, 1.54) is 31.2 Å². The maximum atomic E-state index is 12.0. The van der Waals surface area contributed by atoms with Gasteiger partial charge < -0.3 is 10.2 Å². The van der Waals surface area contributed by atoms with Crippen LogP contribution in [0.2, 0.25) is 0 Å². The molecular formula is C12H10N2O4S2. The minimum Gasteiger partial charge on any atom is -0.508 e. The second kappa shape index (κ2) is 5.51. The number of thiocarbonyl (C=S) groups is 1. The first-order valence-electron chi connectivity index (χ1n) is 5.45. The summed E-state index contributed by atoms with van der Waals surface area (Å²) >= 11 is 6.00. The predicted octanol–water partition coefficient (Wildman–Crippen LogP) is 1.35. The minimum atomic E-state index is -0.470. The van der Waals surface area contributed by atoms with Gasteiger partial charge in [-0.15, -0.1) is 0 Å². The monoisotopic (exact) mass is 310 g/mol. The Morgan fingerprint density at radius 2 is 2.15 bits per heavy atom. The minimum absolute atomic E-state index is 0.0783. The number of benzene rings is 1. The molecule has 104 valence electrons. The first kappa shape index (κ1) is 14.4. The molecular weight excluding hydrogens is 300 g/mol. The summed E-state index contributed by atoms with van der Waals surface area (Å²) in [7, 11) is 0. The number of carbonyl (C=O) groups excluding carboxylic acids is 2. The molecule has 3 N–H and O–H groups in total. The number of phenolic OH excluding ortho intramolecular Hbond substituents is 2. The summed E-state index contributed by atoms with van der Waals surface area (Å²) < 4.78 is 0.203. The molecule has 2 rings (SSSR count). The van der Waals surface area contributed by atoms with E-state index in [9.17, 15) is 19.8 Å². The zero-order valence-electron chi connectivity index (χ0n) is 10.3. The molecule has 0 aromatic heterocycles. The molecule has 0 bridgehead atoms. The second-order valence-electron chi connectivity index (χ2n) is 3.93. The van der Waals surface area contributed by atoms with Crippen LogP contribution in [-0.2, 0) is 9.59 Å². The normalized spacial score (nSPS) is 16.9. The molecule has 2 amide bonds. The first-order chi connectivity index (χ1) is 9.38. The van der Waals surface area contributed by atoms with Crippen LogP contribution in [0.25, 0.3) is 6.08 Å². The van der Waals surface area contributed by atoms with Crippen LogP contribution in [0.1, 0.15) is 12.5 Å². The molecule has 0 atom stereocenters. The van der Waals surface area contributed by atoms with Crippen LogP contribution >= 0.6 is 24.0 Å². The maximum absolute atomic E-state index is 12.0. The average molecular weight is 310 g/mol. The Morgan fingerprint density at radius 3 is 2.75 bits per heavy atom. The molecule has 1 aliphatic rings. The van der Waals surface area contributed by atoms with Gasteiger partial charge in [-0.05, 0) is 30.4 Å². The van der Waals surface area contributed by atoms with Gasteiger partial charge in [0, 0.05) is 18.6 Å². The first-order valence-corrected chi connectivity index (χ1v) is 6.68. The number of phenols is 2. The highest BCUT2D eigenvalue weighted by Crippen LogP contribution is 2.33. The largest absolute Gasteiger partial charge is 0.508 e. The highest BCUT2D eigenvalue weighted by molar-refractivity contribution is 8.26. The van der Waals surface area contributed by atoms with Crippen LogP contribution in [0.5, 0.6) is 11.5 Å². The number of amides is 2. The molecule has 0 saturated carbocycles. The third kappa shape index (κ3) is 2.91. The van der Waals surface area contributed by atoms with Crippen molar-refractivity contribution in [3.05, 3.63) is 28.7 Å². The summed E-state index contributed by atoms with van der Waals surface area (Å²) in [4.78, 5) is 23.3. The molecule has 20 heavy (non-hydrogen) atoms. The summed E-state index contributed by atoms with van der Waals surface area (Å²) in [5.41, 5.74) is 2.69. The van der Waals surface area contributed by atoms with Gasteiger partial charge >= 0.3 is 0 Å². The lowest BCUT2D eigenvalue weighted by atomic mass is 10.1. The number of hydrogen-bond acceptors (Lipinski definition) is 6. The number of nitrogens with one attached hydrogen (secondary N) is 1. The molecule has 1 aliphatic heterocycles. The number of thioether (sulfide) groups is 1. The Bertz CT molecular complexity index is 642. The molecule has 1 aromatic rings. The van der Waals surface area contributed by atoms with E-state index in [0.717, 1.165) is 16.8 Å². The zero-order valence-corrected chi connectivity index (χ0v) is 11.9. The molecule has 1 aromatic carbocycles. The van der Waals surface area contributed by atoms with Crippen molar-refractivity contribution in [3.63, 3.8) is 0 Å². The second-order valence-corrected chi connectivity index (χ2v) is 5.60. The van der Waals surface area contributed by atoms with Crippen LogP contribution in [-0.4, -0.2) is 31.4 Å². The van der Waals surface area contributed by atoms with Crippen LogP contribution in [0.3, 0.4) is 0 Å². The third-order valence-electron chi connectivity index (χ3n) is 2.36. The van der Waals surface area contributed by atoms with Gasteiger partial charge in [0.25, 0.3) is 5.91 Å². The van der Waals surface area contributed by atoms with Gasteiger partial charge in [-0.1, -0.05) is 11.8 Å². The van der Waals surface area contributed by atoms with Gasteiger partial charge in [-0.3, -0.25) is 15.0 Å². The number of carbonyl (C=O) groups is 2. The van der Waals surface area contributed by atoms with Crippen molar-refractivity contribution in [2.75, 3.05) is 0 Å². The van der Waals surface area contributed by atoms with Gasteiger partial charge in [0.15, 0.2) is 4.32 Å². The topological polar surface area (TPSA) is 89.9 Å². The lowest BCUT2D eigenvalue weighted by molar-refractivity contribution is -0.131. The Morgan fingerprint density at radius 1 is 1.45 bits per heavy atom. The van der Waals surface area contributed by atoms with Gasteiger partial charge in [0.05, 0.1) is 4.91 Å². The Kier molecular flexibility index (Phi) is 3.96. The quantitative estimate of drug-likeness (QED) is 0.564. The molecule has 1 saturated heterocycles. The average Bonchev–Trinajstić information content (AvgIpc) is 2.60. The number of nitrogens with zero attached hydrogens (tertiary/aromatic N) is 1. The van der Waals surface area contributed by atoms with Crippen LogP contribution in [0.15, 0.2) is 23.1 Å². The Hall–Kier alpha value is -2.06. The highest BCUT2D eigenvalue weighted by Gasteiger charge is 2.33. The highest BCUT2D eigenvalue weighted by atomic mass is 32.2. The van der Waals surface area contributed by atoms with Gasteiger partial charge in [0.2, 0.25) is 5.91 Å². The van der Waals surface area contributed by atoms with Gasteiger partial charge in [0.1, 0.15) is 11.5 Å². The SMILES string of the molecule is CC(=O)NN1C(=O)/C(=C/c2ccc(O)cc2O)SC1=S. The standard InChI is InChI=1S/C12H10N2O4S2/c1-6(15)13-14-11(18)10(20-12(14)19)4-7-2-3-8(16)5-9(7)17/h2-5,16-17H,1H3,(H,13,15)/b10-4-. The fourth-order valence-electron chi connectivity index (χ4n) is 1.52. The van der Waals surface area contributed by atoms with Crippen molar-refractivity contribution in [1.29, 1.82) is 0 Å². The molecule has 0 spiro atoms. The number of hydrazine groups is 1. The molecule has 0 unspecified atom stereocenters. The van der Waals surface area contributed by atoms with Crippen molar-refractivity contribution in [3.8, 4) is 11.5 Å². The van der Waals surface area contributed by atoms with E-state index in [4.69, 9.17) is 12.2 Å². The molecule has 8 heteroatoms.